The lowest BCUT2D eigenvalue weighted by Crippen LogP contribution is -2.58. The molecule has 15 heteroatoms. The Labute approximate surface area is 117 Å². The summed E-state index contributed by atoms with van der Waals surface area (Å²) in [6.07, 6.45) is -27.2. The quantitative estimate of drug-likeness (QED) is 0.582. The van der Waals surface area contributed by atoms with Crippen molar-refractivity contribution in [3.8, 4) is 0 Å². The van der Waals surface area contributed by atoms with Crippen LogP contribution in [0.2, 0.25) is 0 Å². The summed E-state index contributed by atoms with van der Waals surface area (Å²) in [5.74, 6) is -19.9. The first kappa shape index (κ1) is 22.0. The summed E-state index contributed by atoms with van der Waals surface area (Å²) in [5, 5.41) is 0. The van der Waals surface area contributed by atoms with Gasteiger partial charge in [0.1, 0.15) is 0 Å². The van der Waals surface area contributed by atoms with Gasteiger partial charge in [0.2, 0.25) is 6.17 Å². The Balaban J connectivity index is 5.33. The van der Waals surface area contributed by atoms with Crippen LogP contribution in [-0.2, 0) is 4.74 Å². The molecule has 0 radical (unpaired) electrons. The predicted molar refractivity (Wildman–Crippen MR) is 42.7 cm³/mol. The summed E-state index contributed by atoms with van der Waals surface area (Å²) in [4.78, 5) is 0. The van der Waals surface area contributed by atoms with E-state index in [1.807, 2.05) is 0 Å². The zero-order valence-electron chi connectivity index (χ0n) is 10.0. The lowest BCUT2D eigenvalue weighted by atomic mass is 10.1. The molecule has 0 aliphatic heterocycles. The van der Waals surface area contributed by atoms with Gasteiger partial charge in [0, 0.05) is 0 Å². The van der Waals surface area contributed by atoms with E-state index in [1.165, 1.54) is 0 Å². The molecule has 0 aliphatic carbocycles. The van der Waals surface area contributed by atoms with E-state index < -0.39 is 49.3 Å². The fourth-order valence-corrected chi connectivity index (χ4v) is 0.898. The van der Waals surface area contributed by atoms with Gasteiger partial charge in [-0.05, 0) is 0 Å². The van der Waals surface area contributed by atoms with Gasteiger partial charge in [-0.3, -0.25) is 0 Å². The lowest BCUT2D eigenvalue weighted by molar-refractivity contribution is -0.384. The van der Waals surface area contributed by atoms with E-state index in [0.717, 1.165) is 0 Å². The van der Waals surface area contributed by atoms with Crippen LogP contribution in [-0.4, -0.2) is 49.3 Å². The molecule has 0 bridgehead atoms. The van der Waals surface area contributed by atoms with Gasteiger partial charge >= 0.3 is 23.9 Å². The average molecular weight is 382 g/mol. The molecule has 0 fully saturated rings. The Morgan fingerprint density at radius 3 is 1.17 bits per heavy atom. The Morgan fingerprint density at radius 1 is 0.522 bits per heavy atom. The second-order valence-corrected chi connectivity index (χ2v) is 3.87. The topological polar surface area (TPSA) is 9.23 Å². The van der Waals surface area contributed by atoms with Crippen molar-refractivity contribution in [1.29, 1.82) is 0 Å². The molecule has 1 nitrogen and oxygen atoms in total. The van der Waals surface area contributed by atoms with Crippen molar-refractivity contribution in [3.05, 3.63) is 0 Å². The second-order valence-electron chi connectivity index (χ2n) is 3.87. The van der Waals surface area contributed by atoms with Crippen LogP contribution in [0.15, 0.2) is 0 Å². The molecule has 0 aromatic rings. The van der Waals surface area contributed by atoms with Crippen LogP contribution in [0.4, 0.5) is 61.5 Å². The van der Waals surface area contributed by atoms with Crippen LogP contribution in [0.5, 0.6) is 0 Å². The van der Waals surface area contributed by atoms with E-state index in [4.69, 9.17) is 0 Å². The third kappa shape index (κ3) is 4.09. The number of hydrogen-bond acceptors (Lipinski definition) is 1. The summed E-state index contributed by atoms with van der Waals surface area (Å²) >= 11 is 0. The molecule has 0 aromatic heterocycles. The average Bonchev–Trinajstić information content (AvgIpc) is 2.35. The van der Waals surface area contributed by atoms with E-state index in [0.29, 0.717) is 0 Å². The van der Waals surface area contributed by atoms with Crippen LogP contribution < -0.4 is 0 Å². The second kappa shape index (κ2) is 6.47. The molecule has 140 valence electrons. The van der Waals surface area contributed by atoms with Crippen LogP contribution in [0, 0.1) is 0 Å². The standard InChI is InChI=1S/C8H4F14O/c9-1(2(10)11)5(14,15)6(16,17)3(12)23-4(13)7(18,19)8(20,21)22/h1-4H. The first-order valence-electron chi connectivity index (χ1n) is 4.96. The molecule has 0 spiro atoms. The highest BCUT2D eigenvalue weighted by atomic mass is 19.4. The molecule has 3 unspecified atom stereocenters. The number of alkyl halides is 14. The van der Waals surface area contributed by atoms with Gasteiger partial charge in [-0.15, -0.1) is 0 Å². The van der Waals surface area contributed by atoms with Gasteiger partial charge in [-0.1, -0.05) is 0 Å². The summed E-state index contributed by atoms with van der Waals surface area (Å²) in [7, 11) is 0. The van der Waals surface area contributed by atoms with Gasteiger partial charge in [0.15, 0.2) is 0 Å². The third-order valence-electron chi connectivity index (χ3n) is 2.20. The highest BCUT2D eigenvalue weighted by Crippen LogP contribution is 2.46. The minimum atomic E-state index is -6.78. The minimum absolute atomic E-state index is 2.18. The first-order chi connectivity index (χ1) is 9.90. The molecule has 0 amide bonds. The zero-order chi connectivity index (χ0) is 19.0. The smallest absolute Gasteiger partial charge is 0.303 e. The summed E-state index contributed by atoms with van der Waals surface area (Å²) in [6, 6.07) is 0. The van der Waals surface area contributed by atoms with Crippen LogP contribution in [0.25, 0.3) is 0 Å². The van der Waals surface area contributed by atoms with E-state index in [9.17, 15) is 61.5 Å². The molecule has 0 saturated carbocycles. The van der Waals surface area contributed by atoms with Crippen molar-refractivity contribution in [2.24, 2.45) is 0 Å². The molecule has 0 aliphatic rings. The fraction of sp³-hybridized carbons (Fsp3) is 1.00. The zero-order valence-corrected chi connectivity index (χ0v) is 10.0. The first-order valence-corrected chi connectivity index (χ1v) is 4.96. The minimum Gasteiger partial charge on any atom is -0.303 e. The SMILES string of the molecule is FC(F)C(F)C(F)(F)C(F)(F)C(F)OC(F)C(F)(F)C(F)(F)F. The maximum atomic E-state index is 12.7. The van der Waals surface area contributed by atoms with Crippen LogP contribution in [0.3, 0.4) is 0 Å². The molecule has 0 saturated heterocycles. The van der Waals surface area contributed by atoms with Crippen molar-refractivity contribution < 1.29 is 66.2 Å². The van der Waals surface area contributed by atoms with E-state index in [-0.39, 0.29) is 0 Å². The molecular formula is C8H4F14O. The summed E-state index contributed by atoms with van der Waals surface area (Å²) in [5.41, 5.74) is 0. The Hall–Kier alpha value is -1.02. The fourth-order valence-electron chi connectivity index (χ4n) is 0.898. The molecule has 23 heavy (non-hydrogen) atoms. The van der Waals surface area contributed by atoms with E-state index >= 15 is 0 Å². The number of hydrogen-bond donors (Lipinski definition) is 0. The Kier molecular flexibility index (Phi) is 6.18. The Bertz CT molecular complexity index is 389. The van der Waals surface area contributed by atoms with Crippen molar-refractivity contribution in [2.75, 3.05) is 0 Å². The highest BCUT2D eigenvalue weighted by molar-refractivity contribution is 4.95. The van der Waals surface area contributed by atoms with Crippen LogP contribution in [0.1, 0.15) is 0 Å². The Morgan fingerprint density at radius 2 is 0.870 bits per heavy atom. The van der Waals surface area contributed by atoms with Gasteiger partial charge in [-0.25, -0.2) is 22.0 Å². The summed E-state index contributed by atoms with van der Waals surface area (Å²) < 4.78 is 173. The normalized spacial score (nSPS) is 18.9. The molecule has 0 N–H and O–H groups in total. The van der Waals surface area contributed by atoms with E-state index in [2.05, 4.69) is 4.74 Å². The van der Waals surface area contributed by atoms with Crippen molar-refractivity contribution >= 4 is 0 Å². The predicted octanol–water partition coefficient (Wildman–Crippen LogP) is 4.67. The maximum Gasteiger partial charge on any atom is 0.459 e. The van der Waals surface area contributed by atoms with Gasteiger partial charge in [0.05, 0.1) is 0 Å². The van der Waals surface area contributed by atoms with Crippen molar-refractivity contribution in [1.82, 2.24) is 0 Å². The lowest BCUT2D eigenvalue weighted by Gasteiger charge is -2.32. The monoisotopic (exact) mass is 382 g/mol. The largest absolute Gasteiger partial charge is 0.459 e. The number of halogens is 14. The van der Waals surface area contributed by atoms with E-state index in [1.54, 1.807) is 0 Å². The van der Waals surface area contributed by atoms with Crippen molar-refractivity contribution in [3.63, 3.8) is 0 Å². The third-order valence-corrected chi connectivity index (χ3v) is 2.20. The molecular weight excluding hydrogens is 378 g/mol. The maximum absolute atomic E-state index is 12.7. The molecule has 0 rings (SSSR count). The summed E-state index contributed by atoms with van der Waals surface area (Å²) in [6.45, 7) is 0. The van der Waals surface area contributed by atoms with Crippen molar-refractivity contribution in [2.45, 2.75) is 49.3 Å². The van der Waals surface area contributed by atoms with Crippen LogP contribution >= 0.6 is 0 Å². The number of rotatable bonds is 7. The molecule has 0 heterocycles. The van der Waals surface area contributed by atoms with Gasteiger partial charge < -0.3 is 4.74 Å². The molecule has 0 aromatic carbocycles. The number of ether oxygens (including phenoxy) is 1. The van der Waals surface area contributed by atoms with Gasteiger partial charge in [0.25, 0.3) is 19.1 Å². The highest BCUT2D eigenvalue weighted by Gasteiger charge is 2.71. The molecule has 3 atom stereocenters. The van der Waals surface area contributed by atoms with Gasteiger partial charge in [-0.2, -0.15) is 39.5 Å².